The summed E-state index contributed by atoms with van der Waals surface area (Å²) in [7, 11) is 2.02. The van der Waals surface area contributed by atoms with Crippen LogP contribution in [0.3, 0.4) is 0 Å². The third kappa shape index (κ3) is 2.71. The topological polar surface area (TPSA) is 54.3 Å². The van der Waals surface area contributed by atoms with Gasteiger partial charge in [0, 0.05) is 38.7 Å². The number of aromatic nitrogens is 3. The third-order valence-electron chi connectivity index (χ3n) is 5.40. The Balaban J connectivity index is 1.41. The van der Waals surface area contributed by atoms with E-state index in [4.69, 9.17) is 0 Å². The van der Waals surface area contributed by atoms with Crippen LogP contribution in [0.4, 0.5) is 0 Å². The van der Waals surface area contributed by atoms with Gasteiger partial charge in [0.15, 0.2) is 0 Å². The second-order valence-corrected chi connectivity index (χ2v) is 6.99. The van der Waals surface area contributed by atoms with E-state index in [1.54, 1.807) is 6.20 Å². The Morgan fingerprint density at radius 3 is 2.75 bits per heavy atom. The lowest BCUT2D eigenvalue weighted by Gasteiger charge is -2.23. The van der Waals surface area contributed by atoms with Crippen LogP contribution in [0.1, 0.15) is 24.4 Å². The van der Waals surface area contributed by atoms with E-state index in [0.717, 1.165) is 50.5 Å². The smallest absolute Gasteiger partial charge is 0.230 e. The van der Waals surface area contributed by atoms with Crippen LogP contribution >= 0.6 is 0 Å². The zero-order valence-corrected chi connectivity index (χ0v) is 14.1. The molecule has 0 saturated carbocycles. The molecular weight excluding hydrogens is 302 g/mol. The van der Waals surface area contributed by atoms with Crippen molar-refractivity contribution in [2.75, 3.05) is 19.6 Å². The van der Waals surface area contributed by atoms with Crippen molar-refractivity contribution in [2.24, 2.45) is 12.5 Å². The van der Waals surface area contributed by atoms with Crippen molar-refractivity contribution < 1.29 is 4.79 Å². The summed E-state index contributed by atoms with van der Waals surface area (Å²) < 4.78 is 2.05. The monoisotopic (exact) mass is 325 g/mol. The lowest BCUT2D eigenvalue weighted by atomic mass is 9.85. The fourth-order valence-electron chi connectivity index (χ4n) is 3.95. The summed E-state index contributed by atoms with van der Waals surface area (Å²) in [5.74, 6) is 1.36. The maximum absolute atomic E-state index is 13.0. The number of imidazole rings is 1. The Bertz CT molecular complexity index is 728. The largest absolute Gasteiger partial charge is 0.337 e. The first-order valence-electron chi connectivity index (χ1n) is 8.54. The van der Waals surface area contributed by atoms with Crippen LogP contribution in [0.15, 0.2) is 36.8 Å². The summed E-state index contributed by atoms with van der Waals surface area (Å²) in [5.41, 5.74) is 0.769. The maximum atomic E-state index is 13.0. The quantitative estimate of drug-likeness (QED) is 0.853. The second kappa shape index (κ2) is 6.02. The molecule has 126 valence electrons. The minimum Gasteiger partial charge on any atom is -0.337 e. The highest BCUT2D eigenvalue weighted by Crippen LogP contribution is 2.41. The lowest BCUT2D eigenvalue weighted by Crippen LogP contribution is -2.36. The Hall–Kier alpha value is -2.21. The fourth-order valence-corrected chi connectivity index (χ4v) is 3.95. The number of carbonyl (C=O) groups is 1. The average molecular weight is 325 g/mol. The molecule has 2 aromatic heterocycles. The van der Waals surface area contributed by atoms with Crippen molar-refractivity contribution >= 4 is 5.91 Å². The predicted octanol–water partition coefficient (Wildman–Crippen LogP) is 1.44. The molecule has 6 nitrogen and oxygen atoms in total. The van der Waals surface area contributed by atoms with Crippen molar-refractivity contribution in [2.45, 2.75) is 25.9 Å². The minimum atomic E-state index is -0.194. The normalized spacial score (nSPS) is 24.4. The first kappa shape index (κ1) is 15.3. The highest BCUT2D eigenvalue weighted by molar-refractivity contribution is 5.85. The van der Waals surface area contributed by atoms with Crippen LogP contribution in [0.25, 0.3) is 0 Å². The molecule has 0 aliphatic carbocycles. The van der Waals surface area contributed by atoms with Crippen LogP contribution in [-0.4, -0.2) is 49.9 Å². The average Bonchev–Trinajstić information content (AvgIpc) is 3.27. The van der Waals surface area contributed by atoms with Crippen molar-refractivity contribution in [1.29, 1.82) is 0 Å². The molecule has 1 spiro atoms. The van der Waals surface area contributed by atoms with E-state index >= 15 is 0 Å². The Kier molecular flexibility index (Phi) is 3.84. The predicted molar refractivity (Wildman–Crippen MR) is 89.8 cm³/mol. The van der Waals surface area contributed by atoms with Crippen LogP contribution in [0.5, 0.6) is 0 Å². The van der Waals surface area contributed by atoms with Gasteiger partial charge in [0.25, 0.3) is 0 Å². The van der Waals surface area contributed by atoms with Gasteiger partial charge in [0.05, 0.1) is 24.2 Å². The van der Waals surface area contributed by atoms with Crippen molar-refractivity contribution in [1.82, 2.24) is 24.3 Å². The number of carbonyl (C=O) groups excluding carboxylic acids is 1. The van der Waals surface area contributed by atoms with Crippen LogP contribution in [-0.2, 0) is 24.9 Å². The second-order valence-electron chi connectivity index (χ2n) is 6.99. The molecule has 0 N–H and O–H groups in total. The standard InChI is InChI=1S/C18H23N5O/c1-21-11-8-20-16(21)13-22-9-5-18(14-22)6-10-23(17(18)24)12-15-4-2-3-7-19-15/h2-4,7-8,11H,5-6,9-10,12-14H2,1H3/t18-/m0/s1. The molecule has 0 unspecified atom stereocenters. The van der Waals surface area contributed by atoms with Gasteiger partial charge in [-0.2, -0.15) is 0 Å². The molecule has 2 saturated heterocycles. The number of rotatable bonds is 4. The molecule has 0 aromatic carbocycles. The first-order valence-corrected chi connectivity index (χ1v) is 8.54. The van der Waals surface area contributed by atoms with E-state index < -0.39 is 0 Å². The number of amides is 1. The van der Waals surface area contributed by atoms with Gasteiger partial charge in [0.2, 0.25) is 5.91 Å². The van der Waals surface area contributed by atoms with Crippen LogP contribution < -0.4 is 0 Å². The summed E-state index contributed by atoms with van der Waals surface area (Å²) in [6, 6.07) is 5.87. The van der Waals surface area contributed by atoms with Crippen molar-refractivity contribution in [3.8, 4) is 0 Å². The van der Waals surface area contributed by atoms with Gasteiger partial charge in [-0.1, -0.05) is 6.07 Å². The van der Waals surface area contributed by atoms with Gasteiger partial charge in [-0.15, -0.1) is 0 Å². The fraction of sp³-hybridized carbons (Fsp3) is 0.500. The highest BCUT2D eigenvalue weighted by Gasteiger charge is 2.50. The number of hydrogen-bond acceptors (Lipinski definition) is 4. The van der Waals surface area contributed by atoms with Gasteiger partial charge < -0.3 is 9.47 Å². The van der Waals surface area contributed by atoms with E-state index in [0.29, 0.717) is 12.5 Å². The number of likely N-dealkylation sites (tertiary alicyclic amines) is 2. The zero-order valence-electron chi connectivity index (χ0n) is 14.1. The number of hydrogen-bond donors (Lipinski definition) is 0. The molecule has 1 amide bonds. The Labute approximate surface area is 142 Å². The molecule has 6 heteroatoms. The molecule has 2 aliphatic heterocycles. The van der Waals surface area contributed by atoms with E-state index in [1.807, 2.05) is 42.5 Å². The summed E-state index contributed by atoms with van der Waals surface area (Å²) >= 11 is 0. The Morgan fingerprint density at radius 2 is 2.00 bits per heavy atom. The molecule has 0 bridgehead atoms. The minimum absolute atomic E-state index is 0.194. The van der Waals surface area contributed by atoms with E-state index in [9.17, 15) is 4.79 Å². The zero-order chi connectivity index (χ0) is 16.6. The van der Waals surface area contributed by atoms with Gasteiger partial charge in [0.1, 0.15) is 5.82 Å². The van der Waals surface area contributed by atoms with Crippen molar-refractivity contribution in [3.63, 3.8) is 0 Å². The molecule has 1 atom stereocenters. The molecule has 4 rings (SSSR count). The van der Waals surface area contributed by atoms with Gasteiger partial charge in [-0.3, -0.25) is 14.7 Å². The maximum Gasteiger partial charge on any atom is 0.230 e. The molecule has 2 aliphatic rings. The van der Waals surface area contributed by atoms with E-state index in [2.05, 4.69) is 19.4 Å². The summed E-state index contributed by atoms with van der Waals surface area (Å²) in [5, 5.41) is 0. The SMILES string of the molecule is Cn1ccnc1CN1CC[C@]2(CCN(Cc3ccccn3)C2=O)C1. The molecule has 24 heavy (non-hydrogen) atoms. The first-order chi connectivity index (χ1) is 11.7. The number of pyridine rings is 1. The van der Waals surface area contributed by atoms with E-state index in [1.165, 1.54) is 0 Å². The number of aryl methyl sites for hydroxylation is 1. The van der Waals surface area contributed by atoms with Crippen molar-refractivity contribution in [3.05, 3.63) is 48.3 Å². The molecule has 4 heterocycles. The molecule has 2 aromatic rings. The summed E-state index contributed by atoms with van der Waals surface area (Å²) in [4.78, 5) is 26.1. The molecule has 2 fully saturated rings. The van der Waals surface area contributed by atoms with Crippen LogP contribution in [0.2, 0.25) is 0 Å². The van der Waals surface area contributed by atoms with E-state index in [-0.39, 0.29) is 5.41 Å². The van der Waals surface area contributed by atoms with Gasteiger partial charge >= 0.3 is 0 Å². The summed E-state index contributed by atoms with van der Waals surface area (Å²) in [6.07, 6.45) is 7.49. The highest BCUT2D eigenvalue weighted by atomic mass is 16.2. The molecular formula is C18H23N5O. The van der Waals surface area contributed by atoms with Gasteiger partial charge in [-0.25, -0.2) is 4.98 Å². The Morgan fingerprint density at radius 1 is 1.12 bits per heavy atom. The molecule has 0 radical (unpaired) electrons. The summed E-state index contributed by atoms with van der Waals surface area (Å²) in [6.45, 7) is 4.10. The number of nitrogens with zero attached hydrogens (tertiary/aromatic N) is 5. The van der Waals surface area contributed by atoms with Crippen LogP contribution in [0, 0.1) is 5.41 Å². The van der Waals surface area contributed by atoms with Gasteiger partial charge in [-0.05, 0) is 31.5 Å². The third-order valence-corrected chi connectivity index (χ3v) is 5.40. The lowest BCUT2D eigenvalue weighted by molar-refractivity contribution is -0.136.